The number of nitrogens with one attached hydrogen (secondary N) is 4. The van der Waals surface area contributed by atoms with Crippen molar-refractivity contribution in [2.24, 2.45) is 5.73 Å². The molecule has 1 heterocycles. The number of carboxylic acid groups (broad SMARTS) is 1. The van der Waals surface area contributed by atoms with Gasteiger partial charge in [-0.2, -0.15) is 11.8 Å². The van der Waals surface area contributed by atoms with Gasteiger partial charge in [0.05, 0.1) is 12.1 Å². The molecule has 1 saturated heterocycles. The van der Waals surface area contributed by atoms with Crippen LogP contribution in [0.1, 0.15) is 45.4 Å². The molecular formula is C20H37N5O6S. The molecule has 0 aromatic carbocycles. The molecule has 1 rings (SSSR count). The molecule has 5 atom stereocenters. The second-order valence-electron chi connectivity index (χ2n) is 7.90. The monoisotopic (exact) mass is 475 g/mol. The summed E-state index contributed by atoms with van der Waals surface area (Å²) in [5.74, 6) is -2.39. The number of aliphatic hydroxyl groups is 1. The van der Waals surface area contributed by atoms with E-state index < -0.39 is 42.0 Å². The molecule has 3 amide bonds. The van der Waals surface area contributed by atoms with E-state index in [1.807, 2.05) is 6.26 Å². The van der Waals surface area contributed by atoms with Crippen molar-refractivity contribution in [3.05, 3.63) is 0 Å². The van der Waals surface area contributed by atoms with Crippen molar-refractivity contribution >= 4 is 35.5 Å². The van der Waals surface area contributed by atoms with Crippen LogP contribution in [0.5, 0.6) is 0 Å². The maximum absolute atomic E-state index is 12.9. The lowest BCUT2D eigenvalue weighted by molar-refractivity contribution is -0.143. The van der Waals surface area contributed by atoms with Gasteiger partial charge in [0, 0.05) is 0 Å². The third-order valence-electron chi connectivity index (χ3n) is 5.24. The van der Waals surface area contributed by atoms with E-state index in [2.05, 4.69) is 21.3 Å². The van der Waals surface area contributed by atoms with E-state index in [0.29, 0.717) is 38.0 Å². The quantitative estimate of drug-likeness (QED) is 0.139. The number of hydrogen-bond donors (Lipinski definition) is 7. The van der Waals surface area contributed by atoms with Crippen molar-refractivity contribution in [3.8, 4) is 0 Å². The molecule has 32 heavy (non-hydrogen) atoms. The second kappa shape index (κ2) is 15.0. The van der Waals surface area contributed by atoms with Gasteiger partial charge in [-0.3, -0.25) is 14.4 Å². The maximum atomic E-state index is 12.9. The number of carbonyl (C=O) groups excluding carboxylic acids is 3. The minimum atomic E-state index is -1.36. The molecule has 0 bridgehead atoms. The first kappa shape index (κ1) is 28.1. The van der Waals surface area contributed by atoms with Gasteiger partial charge in [-0.1, -0.05) is 0 Å². The molecule has 5 unspecified atom stereocenters. The molecule has 1 fully saturated rings. The van der Waals surface area contributed by atoms with Crippen molar-refractivity contribution < 1.29 is 29.4 Å². The zero-order chi connectivity index (χ0) is 24.1. The van der Waals surface area contributed by atoms with Crippen molar-refractivity contribution in [2.75, 3.05) is 25.1 Å². The van der Waals surface area contributed by atoms with Crippen molar-refractivity contribution in [1.82, 2.24) is 21.3 Å². The smallest absolute Gasteiger partial charge is 0.326 e. The summed E-state index contributed by atoms with van der Waals surface area (Å²) in [4.78, 5) is 49.5. The Balaban J connectivity index is 2.84. The van der Waals surface area contributed by atoms with E-state index in [1.54, 1.807) is 0 Å². The number of unbranched alkanes of at least 4 members (excludes halogenated alkanes) is 1. The third kappa shape index (κ3) is 9.72. The fourth-order valence-corrected chi connectivity index (χ4v) is 3.83. The van der Waals surface area contributed by atoms with Gasteiger partial charge in [0.25, 0.3) is 0 Å². The Labute approximate surface area is 193 Å². The predicted molar refractivity (Wildman–Crippen MR) is 122 cm³/mol. The minimum Gasteiger partial charge on any atom is -0.480 e. The normalized spacial score (nSPS) is 19.4. The van der Waals surface area contributed by atoms with E-state index in [-0.39, 0.29) is 18.4 Å². The molecule has 184 valence electrons. The molecule has 11 nitrogen and oxygen atoms in total. The maximum Gasteiger partial charge on any atom is 0.326 e. The van der Waals surface area contributed by atoms with Crippen LogP contribution in [0.4, 0.5) is 0 Å². The van der Waals surface area contributed by atoms with Gasteiger partial charge in [-0.05, 0) is 70.5 Å². The standard InChI is InChI=1S/C20H37N5O6S/c1-12(26)16(19(29)24-15(20(30)31)8-11-32-2)25-18(28)14(6-3-4-9-21)23-17(27)13-7-5-10-22-13/h12-16,22,26H,3-11,21H2,1-2H3,(H,23,27)(H,24,29)(H,25,28)(H,30,31). The van der Waals surface area contributed by atoms with Crippen LogP contribution in [-0.2, 0) is 19.2 Å². The van der Waals surface area contributed by atoms with Gasteiger partial charge in [-0.25, -0.2) is 4.79 Å². The van der Waals surface area contributed by atoms with Gasteiger partial charge < -0.3 is 37.2 Å². The van der Waals surface area contributed by atoms with Gasteiger partial charge in [0.2, 0.25) is 17.7 Å². The van der Waals surface area contributed by atoms with E-state index in [4.69, 9.17) is 5.73 Å². The average Bonchev–Trinajstić information content (AvgIpc) is 3.28. The molecule has 0 aromatic heterocycles. The van der Waals surface area contributed by atoms with Crippen LogP contribution in [0.3, 0.4) is 0 Å². The summed E-state index contributed by atoms with van der Waals surface area (Å²) < 4.78 is 0. The van der Waals surface area contributed by atoms with Gasteiger partial charge in [0.1, 0.15) is 18.1 Å². The van der Waals surface area contributed by atoms with E-state index >= 15 is 0 Å². The summed E-state index contributed by atoms with van der Waals surface area (Å²) in [6, 6.07) is -3.78. The summed E-state index contributed by atoms with van der Waals surface area (Å²) in [7, 11) is 0. The van der Waals surface area contributed by atoms with Crippen LogP contribution in [0, 0.1) is 0 Å². The number of rotatable bonds is 15. The lowest BCUT2D eigenvalue weighted by Crippen LogP contribution is -2.59. The van der Waals surface area contributed by atoms with E-state index in [1.165, 1.54) is 18.7 Å². The molecule has 1 aliphatic rings. The summed E-state index contributed by atoms with van der Waals surface area (Å²) in [6.45, 7) is 2.50. The van der Waals surface area contributed by atoms with Crippen LogP contribution in [-0.4, -0.2) is 89.3 Å². The van der Waals surface area contributed by atoms with Crippen LogP contribution in [0.15, 0.2) is 0 Å². The summed E-state index contributed by atoms with van der Waals surface area (Å²) in [5.41, 5.74) is 5.52. The summed E-state index contributed by atoms with van der Waals surface area (Å²) in [5, 5.41) is 30.0. The molecule has 0 aliphatic carbocycles. The van der Waals surface area contributed by atoms with Crippen LogP contribution >= 0.6 is 11.8 Å². The molecule has 0 saturated carbocycles. The van der Waals surface area contributed by atoms with E-state index in [9.17, 15) is 29.4 Å². The highest BCUT2D eigenvalue weighted by Gasteiger charge is 2.33. The Bertz CT molecular complexity index is 630. The van der Waals surface area contributed by atoms with Crippen LogP contribution in [0.2, 0.25) is 0 Å². The lowest BCUT2D eigenvalue weighted by atomic mass is 10.1. The fraction of sp³-hybridized carbons (Fsp3) is 0.800. The third-order valence-corrected chi connectivity index (χ3v) is 5.89. The van der Waals surface area contributed by atoms with Crippen molar-refractivity contribution in [1.29, 1.82) is 0 Å². The SMILES string of the molecule is CSCCC(NC(=O)C(NC(=O)C(CCCCN)NC(=O)C1CCCN1)C(C)O)C(=O)O. The molecular weight excluding hydrogens is 438 g/mol. The Hall–Kier alpha value is -1.89. The van der Waals surface area contributed by atoms with Gasteiger partial charge in [-0.15, -0.1) is 0 Å². The molecule has 0 spiro atoms. The first-order chi connectivity index (χ1) is 15.2. The van der Waals surface area contributed by atoms with Gasteiger partial charge in [0.15, 0.2) is 0 Å². The molecule has 0 radical (unpaired) electrons. The Morgan fingerprint density at radius 3 is 2.34 bits per heavy atom. The molecule has 12 heteroatoms. The number of carboxylic acids is 1. The summed E-state index contributed by atoms with van der Waals surface area (Å²) >= 11 is 1.44. The second-order valence-corrected chi connectivity index (χ2v) is 8.89. The number of hydrogen-bond acceptors (Lipinski definition) is 8. The van der Waals surface area contributed by atoms with Crippen molar-refractivity contribution in [2.45, 2.75) is 75.7 Å². The number of carbonyl (C=O) groups is 4. The highest BCUT2D eigenvalue weighted by Crippen LogP contribution is 2.08. The topological polar surface area (TPSA) is 183 Å². The zero-order valence-corrected chi connectivity index (χ0v) is 19.6. The predicted octanol–water partition coefficient (Wildman–Crippen LogP) is -1.46. The average molecular weight is 476 g/mol. The first-order valence-corrected chi connectivity index (χ1v) is 12.3. The lowest BCUT2D eigenvalue weighted by Gasteiger charge is -2.26. The Morgan fingerprint density at radius 2 is 1.81 bits per heavy atom. The largest absolute Gasteiger partial charge is 0.480 e. The fourth-order valence-electron chi connectivity index (χ4n) is 3.36. The molecule has 0 aromatic rings. The minimum absolute atomic E-state index is 0.203. The highest BCUT2D eigenvalue weighted by atomic mass is 32.2. The number of thioether (sulfide) groups is 1. The highest BCUT2D eigenvalue weighted by molar-refractivity contribution is 7.98. The van der Waals surface area contributed by atoms with Crippen LogP contribution < -0.4 is 27.0 Å². The number of amides is 3. The molecule has 1 aliphatic heterocycles. The van der Waals surface area contributed by atoms with Crippen molar-refractivity contribution in [3.63, 3.8) is 0 Å². The Morgan fingerprint density at radius 1 is 1.09 bits per heavy atom. The Kier molecular flexibility index (Phi) is 13.2. The number of aliphatic carboxylic acids is 1. The number of nitrogens with two attached hydrogens (primary N) is 1. The number of aliphatic hydroxyl groups excluding tert-OH is 1. The van der Waals surface area contributed by atoms with Gasteiger partial charge >= 0.3 is 5.97 Å². The zero-order valence-electron chi connectivity index (χ0n) is 18.8. The first-order valence-electron chi connectivity index (χ1n) is 11.0. The van der Waals surface area contributed by atoms with Crippen LogP contribution in [0.25, 0.3) is 0 Å². The van der Waals surface area contributed by atoms with E-state index in [0.717, 1.165) is 13.0 Å². The molecule has 8 N–H and O–H groups in total. The summed E-state index contributed by atoms with van der Waals surface area (Å²) in [6.07, 6.45) is 3.87.